The smallest absolute Gasteiger partial charge is 0.188 e. The van der Waals surface area contributed by atoms with E-state index in [1.807, 2.05) is 42.5 Å². The number of benzene rings is 7. The van der Waals surface area contributed by atoms with Crippen LogP contribution in [0, 0.1) is 10.8 Å². The van der Waals surface area contributed by atoms with Crippen LogP contribution in [0.15, 0.2) is 162 Å². The lowest BCUT2D eigenvalue weighted by Gasteiger charge is -2.16. The third kappa shape index (κ3) is 5.37. The summed E-state index contributed by atoms with van der Waals surface area (Å²) in [5, 5.41) is 4.59. The number of aryl methyl sites for hydroxylation is 1. The van der Waals surface area contributed by atoms with Crippen molar-refractivity contribution in [2.45, 2.75) is 6.92 Å². The van der Waals surface area contributed by atoms with E-state index >= 15 is 0 Å². The molecule has 0 spiro atoms. The highest BCUT2D eigenvalue weighted by Gasteiger charge is 2.21. The number of hydrogen-bond acceptors (Lipinski definition) is 4. The fourth-order valence-corrected chi connectivity index (χ4v) is 8.33. The third-order valence-electron chi connectivity index (χ3n) is 10.1. The van der Waals surface area contributed by atoms with Gasteiger partial charge < -0.3 is 8.98 Å². The summed E-state index contributed by atoms with van der Waals surface area (Å²) in [6, 6.07) is 55.4. The third-order valence-corrected chi connectivity index (χ3v) is 11.2. The molecule has 53 heavy (non-hydrogen) atoms. The average Bonchev–Trinajstić information content (AvgIpc) is 3.76. The number of hydrogen-bond donors (Lipinski definition) is 0. The Morgan fingerprint density at radius 3 is 2.02 bits per heavy atom. The predicted octanol–water partition coefficient (Wildman–Crippen LogP) is 12.4. The van der Waals surface area contributed by atoms with Crippen molar-refractivity contribution in [3.05, 3.63) is 167 Å². The van der Waals surface area contributed by atoms with Crippen molar-refractivity contribution >= 4 is 69.0 Å². The summed E-state index contributed by atoms with van der Waals surface area (Å²) >= 11 is -0.670. The summed E-state index contributed by atoms with van der Waals surface area (Å²) in [7, 11) is 0. The van der Waals surface area contributed by atoms with Crippen molar-refractivity contribution < 1.29 is 4.42 Å². The second-order valence-electron chi connectivity index (χ2n) is 13.2. The molecule has 3 heterocycles. The highest BCUT2D eigenvalue weighted by molar-refractivity contribution is 14.2. The van der Waals surface area contributed by atoms with E-state index in [1.165, 1.54) is 27.5 Å². The van der Waals surface area contributed by atoms with E-state index in [2.05, 4.69) is 131 Å². The molecule has 0 fully saturated rings. The van der Waals surface area contributed by atoms with Gasteiger partial charge in [0.1, 0.15) is 11.2 Å². The first kappa shape index (κ1) is 31.5. The zero-order valence-corrected chi connectivity index (χ0v) is 31.0. The first-order valence-corrected chi connectivity index (χ1v) is 20.1. The SMILES string of the molecule is C=Ic1nc(-c2ccccc2)nc(-c2cc(-c3ccc4c(c3)oc3ccccc34)ccc2-n2c3ccccc3c3ccc(-c4ccccc4C)cc32)n1. The quantitative estimate of drug-likeness (QED) is 0.157. The predicted molar refractivity (Wildman–Crippen MR) is 228 cm³/mol. The molecule has 0 saturated carbocycles. The van der Waals surface area contributed by atoms with Crippen LogP contribution < -0.4 is 0 Å². The molecule has 5 nitrogen and oxygen atoms in total. The van der Waals surface area contributed by atoms with E-state index in [1.54, 1.807) is 0 Å². The molecule has 0 radical (unpaired) electrons. The summed E-state index contributed by atoms with van der Waals surface area (Å²) in [6.07, 6.45) is 0. The Kier molecular flexibility index (Phi) is 7.58. The minimum Gasteiger partial charge on any atom is -0.456 e. The molecule has 0 atom stereocenters. The van der Waals surface area contributed by atoms with Crippen LogP contribution in [0.3, 0.4) is 0 Å². The monoisotopic (exact) mass is 794 g/mol. The maximum atomic E-state index is 6.32. The minimum atomic E-state index is -0.670. The van der Waals surface area contributed by atoms with Crippen LogP contribution in [-0.2, 0) is 0 Å². The molecule has 10 aromatic rings. The van der Waals surface area contributed by atoms with Crippen LogP contribution in [0.5, 0.6) is 0 Å². The largest absolute Gasteiger partial charge is 0.456 e. The van der Waals surface area contributed by atoms with E-state index in [0.29, 0.717) is 11.6 Å². The summed E-state index contributed by atoms with van der Waals surface area (Å²) in [5.41, 5.74) is 12.5. The van der Waals surface area contributed by atoms with Crippen LogP contribution in [0.4, 0.5) is 0 Å². The molecule has 0 bridgehead atoms. The van der Waals surface area contributed by atoms with Gasteiger partial charge in [-0.3, -0.25) is 0 Å². The summed E-state index contributed by atoms with van der Waals surface area (Å²) in [5.74, 6) is 1.28. The van der Waals surface area contributed by atoms with Crippen LogP contribution >= 0.6 is 20.7 Å². The van der Waals surface area contributed by atoms with Gasteiger partial charge in [-0.2, -0.15) is 0 Å². The van der Waals surface area contributed by atoms with Gasteiger partial charge in [0.05, 0.1) is 16.7 Å². The van der Waals surface area contributed by atoms with E-state index in [9.17, 15) is 0 Å². The van der Waals surface area contributed by atoms with E-state index in [-0.39, 0.29) is 0 Å². The molecule has 7 aromatic carbocycles. The van der Waals surface area contributed by atoms with Gasteiger partial charge in [-0.15, -0.1) is 0 Å². The molecule has 0 aliphatic rings. The van der Waals surface area contributed by atoms with Crippen molar-refractivity contribution in [2.75, 3.05) is 0 Å². The number of nitrogens with zero attached hydrogens (tertiary/aromatic N) is 4. The van der Waals surface area contributed by atoms with Gasteiger partial charge in [-0.05, 0) is 77.2 Å². The molecule has 3 aromatic heterocycles. The lowest BCUT2D eigenvalue weighted by molar-refractivity contribution is 0.669. The fraction of sp³-hybridized carbons (Fsp3) is 0.0213. The summed E-state index contributed by atoms with van der Waals surface area (Å²) < 4.78 is 13.7. The Morgan fingerprint density at radius 1 is 0.491 bits per heavy atom. The molecule has 0 N–H and O–H groups in total. The summed E-state index contributed by atoms with van der Waals surface area (Å²) in [6.45, 7) is 2.17. The maximum Gasteiger partial charge on any atom is 0.188 e. The minimum absolute atomic E-state index is 0.625. The van der Waals surface area contributed by atoms with Crippen molar-refractivity contribution in [2.24, 2.45) is 0 Å². The van der Waals surface area contributed by atoms with Crippen LogP contribution in [0.1, 0.15) is 5.56 Å². The van der Waals surface area contributed by atoms with Gasteiger partial charge in [-0.1, -0.05) is 141 Å². The van der Waals surface area contributed by atoms with E-state index < -0.39 is 20.7 Å². The number of aromatic nitrogens is 4. The number of furan rings is 1. The molecule has 0 aliphatic heterocycles. The molecular weight excluding hydrogens is 763 g/mol. The van der Waals surface area contributed by atoms with E-state index in [4.69, 9.17) is 19.4 Å². The first-order valence-electron chi connectivity index (χ1n) is 17.5. The van der Waals surface area contributed by atoms with Gasteiger partial charge in [0.2, 0.25) is 0 Å². The van der Waals surface area contributed by atoms with Gasteiger partial charge in [0, 0.05) is 32.7 Å². The van der Waals surface area contributed by atoms with Gasteiger partial charge in [0.25, 0.3) is 0 Å². The van der Waals surface area contributed by atoms with E-state index in [0.717, 1.165) is 64.7 Å². The second-order valence-corrected chi connectivity index (χ2v) is 14.9. The molecule has 252 valence electrons. The molecule has 6 heteroatoms. The highest BCUT2D eigenvalue weighted by atomic mass is 127. The number of halogens is 1. The lowest BCUT2D eigenvalue weighted by Crippen LogP contribution is -2.04. The molecule has 0 aliphatic carbocycles. The number of fused-ring (bicyclic) bond motifs is 6. The van der Waals surface area contributed by atoms with Crippen molar-refractivity contribution in [3.8, 4) is 50.7 Å². The Balaban J connectivity index is 1.26. The second kappa shape index (κ2) is 12.8. The van der Waals surface area contributed by atoms with Gasteiger partial charge >= 0.3 is 0 Å². The normalized spacial score (nSPS) is 11.6. The van der Waals surface area contributed by atoms with Crippen molar-refractivity contribution in [3.63, 3.8) is 0 Å². The standard InChI is InChI=1S/C47H31IN4O/c1-29-12-6-7-15-34(29)33-21-23-36-35-16-8-10-18-40(35)52(42(36)27-33)41-25-22-31(32-20-24-38-37-17-9-11-19-43(37)53-44(38)28-32)26-39(41)46-49-45(50-47(48-2)51-46)30-13-4-3-5-14-30/h3-28H,2H2,1H3. The Labute approximate surface area is 316 Å². The topological polar surface area (TPSA) is 56.7 Å². The van der Waals surface area contributed by atoms with Gasteiger partial charge in [-0.25, -0.2) is 15.0 Å². The van der Waals surface area contributed by atoms with Crippen LogP contribution in [-0.4, -0.2) is 24.0 Å². The van der Waals surface area contributed by atoms with Crippen molar-refractivity contribution in [1.82, 2.24) is 19.5 Å². The maximum absolute atomic E-state index is 6.32. The lowest BCUT2D eigenvalue weighted by atomic mass is 9.99. The van der Waals surface area contributed by atoms with Gasteiger partial charge in [0.15, 0.2) is 15.5 Å². The van der Waals surface area contributed by atoms with Crippen LogP contribution in [0.25, 0.3) is 94.5 Å². The molecular formula is C47H31IN4O. The summed E-state index contributed by atoms with van der Waals surface area (Å²) in [4.78, 5) is 15.2. The highest BCUT2D eigenvalue weighted by Crippen LogP contribution is 2.40. The Morgan fingerprint density at radius 2 is 1.15 bits per heavy atom. The Bertz CT molecular complexity index is 3050. The van der Waals surface area contributed by atoms with Crippen molar-refractivity contribution in [1.29, 1.82) is 0 Å². The number of rotatable bonds is 6. The molecule has 0 unspecified atom stereocenters. The molecule has 0 saturated heterocycles. The fourth-order valence-electron chi connectivity index (χ4n) is 7.54. The molecule has 10 rings (SSSR count). The zero-order valence-electron chi connectivity index (χ0n) is 28.8. The number of para-hydroxylation sites is 2. The first-order chi connectivity index (χ1) is 26.1. The Hall–Kier alpha value is -6.25. The average molecular weight is 795 g/mol. The molecule has 0 amide bonds. The van der Waals surface area contributed by atoms with Crippen LogP contribution in [0.2, 0.25) is 0 Å². The zero-order chi connectivity index (χ0) is 35.5.